The van der Waals surface area contributed by atoms with Gasteiger partial charge in [0, 0.05) is 18.0 Å². The van der Waals surface area contributed by atoms with Gasteiger partial charge in [-0.1, -0.05) is 0 Å². The molecule has 0 atom stereocenters. The maximum atomic E-state index is 13.4. The Labute approximate surface area is 103 Å². The van der Waals surface area contributed by atoms with Crippen molar-refractivity contribution in [2.75, 3.05) is 6.61 Å². The van der Waals surface area contributed by atoms with Gasteiger partial charge in [0.05, 0.1) is 24.6 Å². The lowest BCUT2D eigenvalue weighted by atomic mass is 10.1. The molecule has 2 aromatic heterocycles. The third-order valence-electron chi connectivity index (χ3n) is 2.30. The van der Waals surface area contributed by atoms with Gasteiger partial charge in [0.2, 0.25) is 0 Å². The van der Waals surface area contributed by atoms with Gasteiger partial charge in [0.15, 0.2) is 11.6 Å². The van der Waals surface area contributed by atoms with Crippen molar-refractivity contribution in [1.29, 1.82) is 0 Å². The summed E-state index contributed by atoms with van der Waals surface area (Å²) in [6.45, 7) is 2.31. The minimum Gasteiger partial charge on any atom is -0.492 e. The molecule has 5 heteroatoms. The predicted molar refractivity (Wildman–Crippen MR) is 63.0 cm³/mol. The molecule has 0 saturated heterocycles. The zero-order valence-corrected chi connectivity index (χ0v) is 9.76. The molecule has 0 aromatic carbocycles. The normalized spacial score (nSPS) is 10.1. The van der Waals surface area contributed by atoms with Crippen molar-refractivity contribution in [2.24, 2.45) is 0 Å². The van der Waals surface area contributed by atoms with E-state index in [0.717, 1.165) is 6.20 Å². The van der Waals surface area contributed by atoms with Crippen molar-refractivity contribution in [3.63, 3.8) is 0 Å². The van der Waals surface area contributed by atoms with Crippen LogP contribution in [0.1, 0.15) is 22.8 Å². The summed E-state index contributed by atoms with van der Waals surface area (Å²) in [5.41, 5.74) is 0.256. The summed E-state index contributed by atoms with van der Waals surface area (Å²) in [6, 6.07) is 2.88. The Morgan fingerprint density at radius 2 is 2.17 bits per heavy atom. The Bertz CT molecular complexity index is 572. The van der Waals surface area contributed by atoms with E-state index in [1.54, 1.807) is 6.07 Å². The van der Waals surface area contributed by atoms with Crippen LogP contribution < -0.4 is 4.74 Å². The van der Waals surface area contributed by atoms with Crippen molar-refractivity contribution in [3.05, 3.63) is 53.9 Å². The van der Waals surface area contributed by atoms with Crippen LogP contribution >= 0.6 is 0 Å². The molecule has 0 saturated carbocycles. The van der Waals surface area contributed by atoms with E-state index in [1.165, 1.54) is 24.7 Å². The number of nitrogens with zero attached hydrogens (tertiary/aromatic N) is 2. The number of rotatable bonds is 4. The van der Waals surface area contributed by atoms with E-state index < -0.39 is 11.6 Å². The van der Waals surface area contributed by atoms with E-state index in [-0.39, 0.29) is 11.1 Å². The van der Waals surface area contributed by atoms with Crippen LogP contribution in [0, 0.1) is 5.82 Å². The topological polar surface area (TPSA) is 52.1 Å². The summed E-state index contributed by atoms with van der Waals surface area (Å²) in [5, 5.41) is 0. The van der Waals surface area contributed by atoms with Crippen LogP contribution in [0.25, 0.3) is 0 Å². The zero-order valence-electron chi connectivity index (χ0n) is 9.76. The SMILES string of the molecule is CCOc1cncc(C(=O)c2ccncc2F)c1. The van der Waals surface area contributed by atoms with Crippen LogP contribution in [0.15, 0.2) is 36.9 Å². The second-order valence-electron chi connectivity index (χ2n) is 3.53. The first-order valence-electron chi connectivity index (χ1n) is 5.44. The maximum absolute atomic E-state index is 13.4. The van der Waals surface area contributed by atoms with Crippen molar-refractivity contribution in [3.8, 4) is 5.75 Å². The van der Waals surface area contributed by atoms with Gasteiger partial charge in [-0.05, 0) is 19.1 Å². The van der Waals surface area contributed by atoms with Gasteiger partial charge in [-0.25, -0.2) is 4.39 Å². The van der Waals surface area contributed by atoms with Crippen molar-refractivity contribution >= 4 is 5.78 Å². The second kappa shape index (κ2) is 5.35. The average Bonchev–Trinajstić information content (AvgIpc) is 2.39. The largest absolute Gasteiger partial charge is 0.492 e. The molecule has 2 aromatic rings. The molecule has 0 N–H and O–H groups in total. The summed E-state index contributed by atoms with van der Waals surface area (Å²) in [5.74, 6) is -0.605. The number of hydrogen-bond acceptors (Lipinski definition) is 4. The van der Waals surface area contributed by atoms with Gasteiger partial charge in [0.25, 0.3) is 0 Å². The van der Waals surface area contributed by atoms with Crippen molar-refractivity contribution in [2.45, 2.75) is 6.92 Å². The number of aromatic nitrogens is 2. The van der Waals surface area contributed by atoms with Gasteiger partial charge in [-0.15, -0.1) is 0 Å². The van der Waals surface area contributed by atoms with E-state index in [0.29, 0.717) is 12.4 Å². The molecule has 0 unspecified atom stereocenters. The molecule has 0 spiro atoms. The molecule has 0 aliphatic heterocycles. The smallest absolute Gasteiger partial charge is 0.197 e. The van der Waals surface area contributed by atoms with Gasteiger partial charge in [-0.3, -0.25) is 14.8 Å². The molecule has 0 fully saturated rings. The average molecular weight is 246 g/mol. The van der Waals surface area contributed by atoms with Crippen LogP contribution in [-0.4, -0.2) is 22.4 Å². The highest BCUT2D eigenvalue weighted by molar-refractivity contribution is 6.09. The molecule has 0 amide bonds. The van der Waals surface area contributed by atoms with Crippen LogP contribution in [-0.2, 0) is 0 Å². The molecule has 4 nitrogen and oxygen atoms in total. The highest BCUT2D eigenvalue weighted by Gasteiger charge is 2.14. The third-order valence-corrected chi connectivity index (χ3v) is 2.30. The highest BCUT2D eigenvalue weighted by Crippen LogP contribution is 2.16. The van der Waals surface area contributed by atoms with E-state index in [9.17, 15) is 9.18 Å². The van der Waals surface area contributed by atoms with Gasteiger partial charge >= 0.3 is 0 Å². The molecule has 0 radical (unpaired) electrons. The van der Waals surface area contributed by atoms with E-state index >= 15 is 0 Å². The molecule has 2 rings (SSSR count). The molecule has 18 heavy (non-hydrogen) atoms. The fraction of sp³-hybridized carbons (Fsp3) is 0.154. The number of ether oxygens (including phenoxy) is 1. The minimum atomic E-state index is -0.649. The summed E-state index contributed by atoms with van der Waals surface area (Å²) in [6.07, 6.45) is 5.26. The van der Waals surface area contributed by atoms with Crippen LogP contribution in [0.2, 0.25) is 0 Å². The standard InChI is InChI=1S/C13H11FN2O2/c1-2-18-10-5-9(6-16-7-10)13(17)11-3-4-15-8-12(11)14/h3-8H,2H2,1H3. The van der Waals surface area contributed by atoms with Crippen molar-refractivity contribution in [1.82, 2.24) is 9.97 Å². The minimum absolute atomic E-state index is 0.0274. The van der Waals surface area contributed by atoms with Crippen LogP contribution in [0.3, 0.4) is 0 Å². The maximum Gasteiger partial charge on any atom is 0.197 e. The first-order valence-corrected chi connectivity index (χ1v) is 5.44. The zero-order chi connectivity index (χ0) is 13.0. The monoisotopic (exact) mass is 246 g/mol. The lowest BCUT2D eigenvalue weighted by Crippen LogP contribution is -2.05. The summed E-state index contributed by atoms with van der Waals surface area (Å²) < 4.78 is 18.7. The number of ketones is 1. The molecule has 92 valence electrons. The van der Waals surface area contributed by atoms with Gasteiger partial charge in [0.1, 0.15) is 5.75 Å². The number of halogens is 1. The van der Waals surface area contributed by atoms with Crippen LogP contribution in [0.4, 0.5) is 4.39 Å². The Morgan fingerprint density at radius 1 is 1.33 bits per heavy atom. The summed E-state index contributed by atoms with van der Waals surface area (Å²) >= 11 is 0. The summed E-state index contributed by atoms with van der Waals surface area (Å²) in [7, 11) is 0. The predicted octanol–water partition coefficient (Wildman–Crippen LogP) is 2.25. The third kappa shape index (κ3) is 2.51. The molecular weight excluding hydrogens is 235 g/mol. The van der Waals surface area contributed by atoms with E-state index in [1.807, 2.05) is 6.92 Å². The lowest BCUT2D eigenvalue weighted by molar-refractivity contribution is 0.103. The van der Waals surface area contributed by atoms with Gasteiger partial charge in [-0.2, -0.15) is 0 Å². The molecular formula is C13H11FN2O2. The number of pyridine rings is 2. The Hall–Kier alpha value is -2.30. The Balaban J connectivity index is 2.34. The molecule has 0 aliphatic rings. The first-order chi connectivity index (χ1) is 8.72. The fourth-order valence-corrected chi connectivity index (χ4v) is 1.50. The number of hydrogen-bond donors (Lipinski definition) is 0. The molecule has 0 bridgehead atoms. The molecule has 2 heterocycles. The molecule has 0 aliphatic carbocycles. The second-order valence-corrected chi connectivity index (χ2v) is 3.53. The lowest BCUT2D eigenvalue weighted by Gasteiger charge is -2.05. The Kier molecular flexibility index (Phi) is 3.62. The summed E-state index contributed by atoms with van der Waals surface area (Å²) in [4.78, 5) is 19.6. The quantitative estimate of drug-likeness (QED) is 0.776. The Morgan fingerprint density at radius 3 is 2.89 bits per heavy atom. The fourth-order valence-electron chi connectivity index (χ4n) is 1.50. The van der Waals surface area contributed by atoms with E-state index in [2.05, 4.69) is 9.97 Å². The number of carbonyl (C=O) groups excluding carboxylic acids is 1. The van der Waals surface area contributed by atoms with Crippen LogP contribution in [0.5, 0.6) is 5.75 Å². The number of carbonyl (C=O) groups is 1. The highest BCUT2D eigenvalue weighted by atomic mass is 19.1. The van der Waals surface area contributed by atoms with Gasteiger partial charge < -0.3 is 4.74 Å². The van der Waals surface area contributed by atoms with E-state index in [4.69, 9.17) is 4.74 Å². The first kappa shape index (κ1) is 12.2. The van der Waals surface area contributed by atoms with Crippen molar-refractivity contribution < 1.29 is 13.9 Å².